The number of phenolic OH excluding ortho intramolecular Hbond substituents is 1. The lowest BCUT2D eigenvalue weighted by atomic mass is 10.2. The fraction of sp³-hybridized carbons (Fsp3) is 0.0625. The van der Waals surface area contributed by atoms with Gasteiger partial charge in [-0.15, -0.1) is 11.3 Å². The van der Waals surface area contributed by atoms with Crippen LogP contribution in [0.3, 0.4) is 0 Å². The Kier molecular flexibility index (Phi) is 3.60. The van der Waals surface area contributed by atoms with E-state index >= 15 is 0 Å². The van der Waals surface area contributed by atoms with Crippen molar-refractivity contribution in [1.29, 1.82) is 0 Å². The van der Waals surface area contributed by atoms with Gasteiger partial charge in [-0.25, -0.2) is 4.98 Å². The van der Waals surface area contributed by atoms with Gasteiger partial charge < -0.3 is 5.11 Å². The van der Waals surface area contributed by atoms with E-state index in [1.54, 1.807) is 23.5 Å². The van der Waals surface area contributed by atoms with Crippen LogP contribution in [0.15, 0.2) is 36.4 Å². The first-order valence-electron chi connectivity index (χ1n) is 6.55. The van der Waals surface area contributed by atoms with Gasteiger partial charge in [-0.05, 0) is 42.3 Å². The van der Waals surface area contributed by atoms with Gasteiger partial charge in [0.25, 0.3) is 0 Å². The van der Waals surface area contributed by atoms with E-state index in [1.165, 1.54) is 12.1 Å². The number of hydrogen-bond donors (Lipinski definition) is 1. The molecular formula is C16H12N2O3S. The van der Waals surface area contributed by atoms with E-state index in [0.717, 1.165) is 20.8 Å². The molecule has 1 N–H and O–H groups in total. The summed E-state index contributed by atoms with van der Waals surface area (Å²) in [4.78, 5) is 14.7. The summed E-state index contributed by atoms with van der Waals surface area (Å²) < 4.78 is 1.10. The summed E-state index contributed by atoms with van der Waals surface area (Å²) in [5, 5.41) is 21.1. The Balaban J connectivity index is 1.92. The SMILES string of the molecule is Cc1ccc2sc(/C=C\c3ccc(O)c([N+](=O)[O-])c3)nc2c1. The van der Waals surface area contributed by atoms with Gasteiger partial charge in [0, 0.05) is 6.07 Å². The lowest BCUT2D eigenvalue weighted by molar-refractivity contribution is -0.385. The van der Waals surface area contributed by atoms with Crippen molar-refractivity contribution in [2.45, 2.75) is 6.92 Å². The normalized spacial score (nSPS) is 11.3. The molecule has 0 bridgehead atoms. The molecule has 0 aliphatic rings. The van der Waals surface area contributed by atoms with Crippen molar-refractivity contribution >= 4 is 39.4 Å². The molecule has 1 heterocycles. The highest BCUT2D eigenvalue weighted by atomic mass is 32.1. The lowest BCUT2D eigenvalue weighted by Crippen LogP contribution is -1.88. The number of rotatable bonds is 3. The number of aryl methyl sites for hydroxylation is 1. The Morgan fingerprint density at radius 1 is 1.23 bits per heavy atom. The number of fused-ring (bicyclic) bond motifs is 1. The molecule has 0 fully saturated rings. The molecule has 0 saturated heterocycles. The summed E-state index contributed by atoms with van der Waals surface area (Å²) in [5.74, 6) is -0.336. The van der Waals surface area contributed by atoms with E-state index < -0.39 is 4.92 Å². The van der Waals surface area contributed by atoms with Gasteiger partial charge in [0.15, 0.2) is 5.75 Å². The number of nitro groups is 1. The van der Waals surface area contributed by atoms with Crippen molar-refractivity contribution < 1.29 is 10.0 Å². The predicted octanol–water partition coefficient (Wildman–Crippen LogP) is 4.39. The molecule has 6 heteroatoms. The minimum absolute atomic E-state index is 0.304. The quantitative estimate of drug-likeness (QED) is 0.575. The molecule has 110 valence electrons. The summed E-state index contributed by atoms with van der Waals surface area (Å²) in [6.07, 6.45) is 3.56. The van der Waals surface area contributed by atoms with Crippen LogP contribution < -0.4 is 0 Å². The molecule has 0 saturated carbocycles. The highest BCUT2D eigenvalue weighted by Crippen LogP contribution is 2.28. The van der Waals surface area contributed by atoms with Crippen LogP contribution in [0.25, 0.3) is 22.4 Å². The minimum Gasteiger partial charge on any atom is -0.502 e. The van der Waals surface area contributed by atoms with Crippen LogP contribution in [0, 0.1) is 17.0 Å². The molecular weight excluding hydrogens is 300 g/mol. The highest BCUT2D eigenvalue weighted by Gasteiger charge is 2.12. The number of benzene rings is 2. The summed E-state index contributed by atoms with van der Waals surface area (Å²) in [6, 6.07) is 10.4. The number of thiazole rings is 1. The molecule has 0 atom stereocenters. The van der Waals surface area contributed by atoms with Crippen molar-refractivity contribution in [3.63, 3.8) is 0 Å². The van der Waals surface area contributed by atoms with E-state index in [-0.39, 0.29) is 11.4 Å². The van der Waals surface area contributed by atoms with Gasteiger partial charge in [0.05, 0.1) is 15.1 Å². The van der Waals surface area contributed by atoms with Crippen LogP contribution in [0.5, 0.6) is 5.75 Å². The van der Waals surface area contributed by atoms with E-state index in [0.29, 0.717) is 5.56 Å². The third kappa shape index (κ3) is 2.82. The van der Waals surface area contributed by atoms with E-state index in [2.05, 4.69) is 4.98 Å². The molecule has 0 amide bonds. The summed E-state index contributed by atoms with van der Waals surface area (Å²) in [5.41, 5.74) is 2.44. The summed E-state index contributed by atoms with van der Waals surface area (Å²) in [7, 11) is 0. The van der Waals surface area contributed by atoms with Crippen molar-refractivity contribution in [2.24, 2.45) is 0 Å². The first kappa shape index (κ1) is 14.2. The van der Waals surface area contributed by atoms with Crippen molar-refractivity contribution in [3.05, 3.63) is 62.6 Å². The zero-order chi connectivity index (χ0) is 15.7. The van der Waals surface area contributed by atoms with Gasteiger partial charge in [0.1, 0.15) is 5.01 Å². The van der Waals surface area contributed by atoms with Crippen LogP contribution in [0.4, 0.5) is 5.69 Å². The number of aromatic hydroxyl groups is 1. The van der Waals surface area contributed by atoms with E-state index in [9.17, 15) is 15.2 Å². The number of phenols is 1. The second-order valence-corrected chi connectivity index (χ2v) is 5.92. The van der Waals surface area contributed by atoms with E-state index in [1.807, 2.05) is 31.2 Å². The average molecular weight is 312 g/mol. The fourth-order valence-corrected chi connectivity index (χ4v) is 2.94. The molecule has 3 aromatic rings. The largest absolute Gasteiger partial charge is 0.502 e. The van der Waals surface area contributed by atoms with Crippen LogP contribution in [0.2, 0.25) is 0 Å². The fourth-order valence-electron chi connectivity index (χ4n) is 2.08. The Morgan fingerprint density at radius 3 is 2.82 bits per heavy atom. The van der Waals surface area contributed by atoms with Gasteiger partial charge in [-0.1, -0.05) is 18.2 Å². The maximum Gasteiger partial charge on any atom is 0.311 e. The summed E-state index contributed by atoms with van der Waals surface area (Å²) in [6.45, 7) is 2.02. The highest BCUT2D eigenvalue weighted by molar-refractivity contribution is 7.19. The molecule has 5 nitrogen and oxygen atoms in total. The molecule has 0 aliphatic carbocycles. The first-order chi connectivity index (χ1) is 10.5. The third-order valence-electron chi connectivity index (χ3n) is 3.17. The zero-order valence-corrected chi connectivity index (χ0v) is 12.5. The molecule has 1 aromatic heterocycles. The number of nitrogens with zero attached hydrogens (tertiary/aromatic N) is 2. The number of aromatic nitrogens is 1. The second-order valence-electron chi connectivity index (χ2n) is 4.86. The van der Waals surface area contributed by atoms with Crippen molar-refractivity contribution in [1.82, 2.24) is 4.98 Å². The molecule has 2 aromatic carbocycles. The Hall–Kier alpha value is -2.73. The first-order valence-corrected chi connectivity index (χ1v) is 7.37. The van der Waals surface area contributed by atoms with Crippen LogP contribution >= 0.6 is 11.3 Å². The molecule has 0 aliphatic heterocycles. The standard InChI is InChI=1S/C16H12N2O3S/c1-10-2-6-15-12(8-10)17-16(22-15)7-4-11-3-5-14(19)13(9-11)18(20)21/h2-9,19H,1H3/b7-4-. The lowest BCUT2D eigenvalue weighted by Gasteiger charge is -1.97. The van der Waals surface area contributed by atoms with Gasteiger partial charge in [-0.2, -0.15) is 0 Å². The monoisotopic (exact) mass is 312 g/mol. The maximum absolute atomic E-state index is 10.8. The van der Waals surface area contributed by atoms with Crippen molar-refractivity contribution in [2.75, 3.05) is 0 Å². The molecule has 3 rings (SSSR count). The van der Waals surface area contributed by atoms with Gasteiger partial charge >= 0.3 is 5.69 Å². The summed E-state index contributed by atoms with van der Waals surface area (Å²) >= 11 is 1.56. The number of hydrogen-bond acceptors (Lipinski definition) is 5. The molecule has 22 heavy (non-hydrogen) atoms. The zero-order valence-electron chi connectivity index (χ0n) is 11.7. The van der Waals surface area contributed by atoms with Gasteiger partial charge in [0.2, 0.25) is 0 Å². The van der Waals surface area contributed by atoms with Crippen molar-refractivity contribution in [3.8, 4) is 5.75 Å². The van der Waals surface area contributed by atoms with Gasteiger partial charge in [-0.3, -0.25) is 10.1 Å². The minimum atomic E-state index is -0.604. The molecule has 0 unspecified atom stereocenters. The van der Waals surface area contributed by atoms with E-state index in [4.69, 9.17) is 0 Å². The average Bonchev–Trinajstić information content (AvgIpc) is 2.88. The third-order valence-corrected chi connectivity index (χ3v) is 4.18. The maximum atomic E-state index is 10.8. The smallest absolute Gasteiger partial charge is 0.311 e. The molecule has 0 spiro atoms. The Morgan fingerprint density at radius 2 is 2.05 bits per heavy atom. The van der Waals surface area contributed by atoms with Crippen LogP contribution in [-0.4, -0.2) is 15.0 Å². The van der Waals surface area contributed by atoms with Crippen LogP contribution in [0.1, 0.15) is 16.1 Å². The number of nitro benzene ring substituents is 1. The Labute approximate surface area is 130 Å². The topological polar surface area (TPSA) is 76.3 Å². The molecule has 0 radical (unpaired) electrons. The predicted molar refractivity (Wildman–Crippen MR) is 88.0 cm³/mol. The second kappa shape index (κ2) is 5.57. The van der Waals surface area contributed by atoms with Crippen LogP contribution in [-0.2, 0) is 0 Å². The Bertz CT molecular complexity index is 900.